The zero-order valence-electron chi connectivity index (χ0n) is 15.9. The Balaban J connectivity index is 1.66. The highest BCUT2D eigenvalue weighted by molar-refractivity contribution is 6.33. The summed E-state index contributed by atoms with van der Waals surface area (Å²) < 4.78 is 5.82. The number of pyridine rings is 1. The van der Waals surface area contributed by atoms with Gasteiger partial charge in [-0.15, -0.1) is 0 Å². The number of ketones is 1. The van der Waals surface area contributed by atoms with Gasteiger partial charge in [0.2, 0.25) is 5.88 Å². The van der Waals surface area contributed by atoms with Gasteiger partial charge < -0.3 is 9.53 Å². The average Bonchev–Trinajstić information content (AvgIpc) is 2.68. The van der Waals surface area contributed by atoms with Gasteiger partial charge in [-0.2, -0.15) is 0 Å². The molecule has 0 radical (unpaired) electrons. The zero-order chi connectivity index (χ0) is 19.9. The average molecular weight is 392 g/mol. The highest BCUT2D eigenvalue weighted by Gasteiger charge is 2.06. The molecule has 3 rings (SSSR count). The number of ether oxygens (including phenoxy) is 1. The molecule has 3 nitrogen and oxygen atoms in total. The highest BCUT2D eigenvalue weighted by Crippen LogP contribution is 2.32. The molecule has 0 N–H and O–H groups in total. The summed E-state index contributed by atoms with van der Waals surface area (Å²) in [6, 6.07) is 19.3. The van der Waals surface area contributed by atoms with E-state index in [1.807, 2.05) is 73.7 Å². The molecular weight excluding hydrogens is 370 g/mol. The summed E-state index contributed by atoms with van der Waals surface area (Å²) in [5.41, 5.74) is 2.98. The molecule has 142 valence electrons. The van der Waals surface area contributed by atoms with Crippen LogP contribution in [0.5, 0.6) is 11.6 Å². The number of hydrogen-bond acceptors (Lipinski definition) is 3. The summed E-state index contributed by atoms with van der Waals surface area (Å²) in [4.78, 5) is 15.5. The first-order chi connectivity index (χ1) is 13.5. The van der Waals surface area contributed by atoms with Crippen molar-refractivity contribution in [2.24, 2.45) is 5.92 Å². The van der Waals surface area contributed by atoms with Crippen molar-refractivity contribution in [1.82, 2.24) is 4.98 Å². The van der Waals surface area contributed by atoms with E-state index in [-0.39, 0.29) is 11.7 Å². The Morgan fingerprint density at radius 1 is 1.14 bits per heavy atom. The van der Waals surface area contributed by atoms with Crippen molar-refractivity contribution in [2.75, 3.05) is 0 Å². The van der Waals surface area contributed by atoms with E-state index in [0.717, 1.165) is 16.7 Å². The van der Waals surface area contributed by atoms with E-state index in [1.54, 1.807) is 19.2 Å². The number of rotatable bonds is 7. The molecule has 0 saturated carbocycles. The predicted octanol–water partition coefficient (Wildman–Crippen LogP) is 6.82. The smallest absolute Gasteiger partial charge is 0.219 e. The molecule has 1 aromatic heterocycles. The number of carbonyl (C=O) groups is 1. The zero-order valence-corrected chi connectivity index (χ0v) is 16.7. The van der Waals surface area contributed by atoms with Crippen molar-refractivity contribution in [2.45, 2.75) is 20.3 Å². The summed E-state index contributed by atoms with van der Waals surface area (Å²) >= 11 is 6.43. The van der Waals surface area contributed by atoms with Gasteiger partial charge in [0.25, 0.3) is 0 Å². The van der Waals surface area contributed by atoms with E-state index in [4.69, 9.17) is 16.3 Å². The number of halogens is 1. The van der Waals surface area contributed by atoms with E-state index in [9.17, 15) is 4.79 Å². The van der Waals surface area contributed by atoms with Crippen LogP contribution in [0.3, 0.4) is 0 Å². The van der Waals surface area contributed by atoms with Gasteiger partial charge in [-0.05, 0) is 42.2 Å². The van der Waals surface area contributed by atoms with Crippen LogP contribution in [0.2, 0.25) is 5.02 Å². The Morgan fingerprint density at radius 3 is 2.57 bits per heavy atom. The summed E-state index contributed by atoms with van der Waals surface area (Å²) in [6.07, 6.45) is 6.27. The van der Waals surface area contributed by atoms with Crippen molar-refractivity contribution >= 4 is 23.5 Å². The van der Waals surface area contributed by atoms with Crippen molar-refractivity contribution in [1.29, 1.82) is 0 Å². The van der Waals surface area contributed by atoms with E-state index in [0.29, 0.717) is 23.1 Å². The minimum atomic E-state index is 0.191. The van der Waals surface area contributed by atoms with Crippen LogP contribution >= 0.6 is 11.6 Å². The van der Waals surface area contributed by atoms with Crippen LogP contribution in [-0.4, -0.2) is 10.8 Å². The molecule has 0 saturated heterocycles. The third kappa shape index (κ3) is 5.54. The molecule has 2 aromatic carbocycles. The normalized spacial score (nSPS) is 12.1. The molecule has 3 aromatic rings. The molecule has 0 bridgehead atoms. The molecule has 0 aliphatic heterocycles. The fourth-order valence-electron chi connectivity index (χ4n) is 2.88. The number of benzene rings is 2. The number of Topliss-reactive ketones (excluding diaryl/α,β-unsaturated/α-hetero) is 1. The highest BCUT2D eigenvalue weighted by atomic mass is 35.5. The van der Waals surface area contributed by atoms with Gasteiger partial charge in [-0.1, -0.05) is 61.0 Å². The first kappa shape index (κ1) is 19.8. The van der Waals surface area contributed by atoms with Crippen LogP contribution in [0, 0.1) is 5.92 Å². The second kappa shape index (κ2) is 9.34. The third-order valence-electron chi connectivity index (χ3n) is 4.23. The molecule has 1 atom stereocenters. The summed E-state index contributed by atoms with van der Waals surface area (Å²) in [5, 5.41) is 0.628. The van der Waals surface area contributed by atoms with Crippen molar-refractivity contribution < 1.29 is 9.53 Å². The largest absolute Gasteiger partial charge is 0.439 e. The quantitative estimate of drug-likeness (QED) is 0.443. The summed E-state index contributed by atoms with van der Waals surface area (Å²) in [6.45, 7) is 3.63. The van der Waals surface area contributed by atoms with Gasteiger partial charge in [0.1, 0.15) is 11.5 Å². The predicted molar refractivity (Wildman–Crippen MR) is 115 cm³/mol. The second-order valence-corrected chi connectivity index (χ2v) is 7.19. The minimum absolute atomic E-state index is 0.191. The van der Waals surface area contributed by atoms with Crippen LogP contribution in [0.15, 0.2) is 72.9 Å². The Labute approximate surface area is 170 Å². The lowest BCUT2D eigenvalue weighted by Crippen LogP contribution is -1.97. The lowest BCUT2D eigenvalue weighted by Gasteiger charge is -2.09. The minimum Gasteiger partial charge on any atom is -0.439 e. The molecule has 0 fully saturated rings. The maximum absolute atomic E-state index is 11.1. The van der Waals surface area contributed by atoms with Gasteiger partial charge >= 0.3 is 0 Å². The molecule has 0 unspecified atom stereocenters. The molecule has 0 aliphatic rings. The Morgan fingerprint density at radius 2 is 1.93 bits per heavy atom. The monoisotopic (exact) mass is 391 g/mol. The number of aromatic nitrogens is 1. The standard InChI is InChI=1S/C24H22ClNO2/c1-17(14-18(2)27)8-9-19-10-13-24(26-16-19)28-21-11-12-22(23(25)15-21)20-6-4-3-5-7-20/h3-13,15-17H,14H2,1-2H3/b9-8+/t17-/m0/s1. The third-order valence-corrected chi connectivity index (χ3v) is 4.55. The number of hydrogen-bond donors (Lipinski definition) is 0. The number of allylic oxidation sites excluding steroid dienone is 1. The number of nitrogens with zero attached hydrogens (tertiary/aromatic N) is 1. The first-order valence-electron chi connectivity index (χ1n) is 9.18. The van der Waals surface area contributed by atoms with Gasteiger partial charge in [0.05, 0.1) is 5.02 Å². The molecule has 0 amide bonds. The Hall–Kier alpha value is -2.91. The van der Waals surface area contributed by atoms with Crippen LogP contribution < -0.4 is 4.74 Å². The van der Waals surface area contributed by atoms with Gasteiger partial charge in [0.15, 0.2) is 0 Å². The molecule has 28 heavy (non-hydrogen) atoms. The maximum Gasteiger partial charge on any atom is 0.219 e. The fraction of sp³-hybridized carbons (Fsp3) is 0.167. The van der Waals surface area contributed by atoms with Crippen LogP contribution in [0.1, 0.15) is 25.8 Å². The van der Waals surface area contributed by atoms with E-state index in [1.165, 1.54) is 0 Å². The van der Waals surface area contributed by atoms with Crippen molar-refractivity contribution in [3.05, 3.63) is 83.5 Å². The summed E-state index contributed by atoms with van der Waals surface area (Å²) in [5.74, 6) is 1.53. The SMILES string of the molecule is CC(=O)C[C@@H](C)/C=C/c1ccc(Oc2ccc(-c3ccccc3)c(Cl)c2)nc1. The van der Waals surface area contributed by atoms with Crippen LogP contribution in [0.4, 0.5) is 0 Å². The number of carbonyl (C=O) groups excluding carboxylic acids is 1. The van der Waals surface area contributed by atoms with Crippen LogP contribution in [-0.2, 0) is 4.79 Å². The topological polar surface area (TPSA) is 39.2 Å². The molecule has 0 spiro atoms. The lowest BCUT2D eigenvalue weighted by atomic mass is 10.0. The first-order valence-corrected chi connectivity index (χ1v) is 9.55. The van der Waals surface area contributed by atoms with Crippen molar-refractivity contribution in [3.63, 3.8) is 0 Å². The fourth-order valence-corrected chi connectivity index (χ4v) is 3.16. The Kier molecular flexibility index (Phi) is 6.62. The van der Waals surface area contributed by atoms with E-state index in [2.05, 4.69) is 4.98 Å². The van der Waals surface area contributed by atoms with Gasteiger partial charge in [0, 0.05) is 30.3 Å². The van der Waals surface area contributed by atoms with E-state index < -0.39 is 0 Å². The summed E-state index contributed by atoms with van der Waals surface area (Å²) in [7, 11) is 0. The Bertz CT molecular complexity index is 966. The molecule has 0 aliphatic carbocycles. The van der Waals surface area contributed by atoms with Gasteiger partial charge in [-0.25, -0.2) is 4.98 Å². The molecule has 1 heterocycles. The molecular formula is C24H22ClNO2. The van der Waals surface area contributed by atoms with Gasteiger partial charge in [-0.3, -0.25) is 0 Å². The van der Waals surface area contributed by atoms with E-state index >= 15 is 0 Å². The second-order valence-electron chi connectivity index (χ2n) is 6.78. The lowest BCUT2D eigenvalue weighted by molar-refractivity contribution is -0.117. The van der Waals surface area contributed by atoms with Crippen molar-refractivity contribution in [3.8, 4) is 22.8 Å². The van der Waals surface area contributed by atoms with Crippen LogP contribution in [0.25, 0.3) is 17.2 Å². The maximum atomic E-state index is 11.1. The molecule has 4 heteroatoms.